The molecule has 2 aliphatic heterocycles. The van der Waals surface area contributed by atoms with Gasteiger partial charge in [0, 0.05) is 44.4 Å². The molecule has 0 amide bonds. The average molecular weight is 344 g/mol. The largest absolute Gasteiger partial charge is 0.490 e. The second-order valence-electron chi connectivity index (χ2n) is 7.17. The molecule has 0 radical (unpaired) electrons. The van der Waals surface area contributed by atoms with Crippen LogP contribution in [0.3, 0.4) is 0 Å². The van der Waals surface area contributed by atoms with Crippen molar-refractivity contribution in [2.45, 2.75) is 31.7 Å². The number of aliphatic imine (C=N–C) groups is 1. The fourth-order valence-corrected chi connectivity index (χ4v) is 3.60. The van der Waals surface area contributed by atoms with Gasteiger partial charge in [0.25, 0.3) is 0 Å². The lowest BCUT2D eigenvalue weighted by atomic mass is 10.1. The normalized spacial score (nSPS) is 24.0. The first-order valence-electron chi connectivity index (χ1n) is 9.43. The van der Waals surface area contributed by atoms with Gasteiger partial charge in [0.05, 0.1) is 13.2 Å². The smallest absolute Gasteiger partial charge is 0.195 e. The van der Waals surface area contributed by atoms with Gasteiger partial charge in [0.2, 0.25) is 0 Å². The van der Waals surface area contributed by atoms with Crippen molar-refractivity contribution in [1.29, 1.82) is 0 Å². The Bertz CT molecular complexity index is 630. The molecule has 1 saturated heterocycles. The summed E-state index contributed by atoms with van der Waals surface area (Å²) in [5.41, 5.74) is 0.961. The summed E-state index contributed by atoms with van der Waals surface area (Å²) in [7, 11) is 1.81. The molecule has 3 aliphatic rings. The zero-order valence-corrected chi connectivity index (χ0v) is 15.0. The summed E-state index contributed by atoms with van der Waals surface area (Å²) in [6.07, 6.45) is 4.99. The van der Waals surface area contributed by atoms with Crippen LogP contribution in [0.15, 0.2) is 23.2 Å². The molecule has 1 aromatic rings. The molecule has 6 heteroatoms. The Hall–Kier alpha value is -1.95. The number of fused-ring (bicyclic) bond motifs is 1. The van der Waals surface area contributed by atoms with Crippen molar-refractivity contribution in [2.24, 2.45) is 10.9 Å². The first-order valence-corrected chi connectivity index (χ1v) is 9.43. The van der Waals surface area contributed by atoms with Crippen LogP contribution >= 0.6 is 0 Å². The van der Waals surface area contributed by atoms with Crippen LogP contribution in [0.1, 0.15) is 25.7 Å². The van der Waals surface area contributed by atoms with E-state index in [0.29, 0.717) is 19.1 Å². The third-order valence-corrected chi connectivity index (χ3v) is 5.17. The molecule has 2 fully saturated rings. The van der Waals surface area contributed by atoms with E-state index in [2.05, 4.69) is 20.5 Å². The number of nitrogens with zero attached hydrogens (tertiary/aromatic N) is 2. The van der Waals surface area contributed by atoms with E-state index < -0.39 is 0 Å². The van der Waals surface area contributed by atoms with Crippen molar-refractivity contribution in [3.63, 3.8) is 0 Å². The number of nitrogens with one attached hydrogen (secondary N) is 2. The Morgan fingerprint density at radius 1 is 1.20 bits per heavy atom. The molecule has 0 aromatic heterocycles. The van der Waals surface area contributed by atoms with Gasteiger partial charge in [0.1, 0.15) is 0 Å². The van der Waals surface area contributed by atoms with Gasteiger partial charge in [-0.15, -0.1) is 0 Å². The second kappa shape index (κ2) is 7.52. The summed E-state index contributed by atoms with van der Waals surface area (Å²) in [5.74, 6) is 3.13. The summed E-state index contributed by atoms with van der Waals surface area (Å²) < 4.78 is 11.4. The third kappa shape index (κ3) is 4.18. The molecule has 2 heterocycles. The Morgan fingerprint density at radius 2 is 2.04 bits per heavy atom. The maximum absolute atomic E-state index is 5.75. The molecule has 1 aromatic carbocycles. The van der Waals surface area contributed by atoms with E-state index in [1.807, 2.05) is 25.2 Å². The maximum atomic E-state index is 5.75. The molecule has 4 rings (SSSR count). The fraction of sp³-hybridized carbons (Fsp3) is 0.632. The lowest BCUT2D eigenvalue weighted by molar-refractivity contribution is 0.297. The fourth-order valence-electron chi connectivity index (χ4n) is 3.60. The molecule has 136 valence electrons. The van der Waals surface area contributed by atoms with E-state index in [9.17, 15) is 0 Å². The highest BCUT2D eigenvalue weighted by Gasteiger charge is 2.34. The van der Waals surface area contributed by atoms with Crippen molar-refractivity contribution in [2.75, 3.05) is 45.2 Å². The Labute approximate surface area is 149 Å². The highest BCUT2D eigenvalue weighted by molar-refractivity contribution is 5.93. The van der Waals surface area contributed by atoms with E-state index in [0.717, 1.165) is 42.2 Å². The zero-order chi connectivity index (χ0) is 17.1. The summed E-state index contributed by atoms with van der Waals surface area (Å²) in [6, 6.07) is 6.83. The van der Waals surface area contributed by atoms with E-state index in [4.69, 9.17) is 9.47 Å². The number of benzene rings is 1. The molecular formula is C19H28N4O2. The van der Waals surface area contributed by atoms with Crippen molar-refractivity contribution < 1.29 is 9.47 Å². The molecule has 0 bridgehead atoms. The van der Waals surface area contributed by atoms with E-state index in [1.54, 1.807) is 0 Å². The molecule has 0 spiro atoms. The third-order valence-electron chi connectivity index (χ3n) is 5.17. The highest BCUT2D eigenvalue weighted by Crippen LogP contribution is 2.33. The summed E-state index contributed by atoms with van der Waals surface area (Å²) >= 11 is 0. The number of guanidine groups is 1. The predicted octanol–water partition coefficient (Wildman–Crippen LogP) is 2.32. The second-order valence-corrected chi connectivity index (χ2v) is 7.17. The van der Waals surface area contributed by atoms with E-state index >= 15 is 0 Å². The van der Waals surface area contributed by atoms with Gasteiger partial charge in [-0.2, -0.15) is 0 Å². The Kier molecular flexibility index (Phi) is 4.97. The Balaban J connectivity index is 1.30. The molecular weight excluding hydrogens is 316 g/mol. The summed E-state index contributed by atoms with van der Waals surface area (Å²) in [5, 5.41) is 6.83. The number of hydrogen-bond donors (Lipinski definition) is 2. The highest BCUT2D eigenvalue weighted by atomic mass is 16.5. The number of likely N-dealkylation sites (tertiary alicyclic amines) is 1. The van der Waals surface area contributed by atoms with Crippen molar-refractivity contribution >= 4 is 11.6 Å². The molecule has 25 heavy (non-hydrogen) atoms. The zero-order valence-electron chi connectivity index (χ0n) is 15.0. The average Bonchev–Trinajstić information content (AvgIpc) is 3.42. The maximum Gasteiger partial charge on any atom is 0.195 e. The molecule has 1 atom stereocenters. The van der Waals surface area contributed by atoms with Crippen LogP contribution < -0.4 is 20.1 Å². The van der Waals surface area contributed by atoms with Gasteiger partial charge in [-0.3, -0.25) is 4.99 Å². The number of ether oxygens (including phenoxy) is 2. The van der Waals surface area contributed by atoms with Crippen LogP contribution in [-0.4, -0.2) is 56.8 Å². The van der Waals surface area contributed by atoms with Gasteiger partial charge in [-0.05, 0) is 43.9 Å². The number of anilines is 1. The standard InChI is InChI=1S/C19H28N4O2/c1-20-19(21-12-14-7-8-23(13-14)16-4-5-16)22-15-3-6-17-18(11-15)25-10-2-9-24-17/h3,6,11,14,16H,2,4-5,7-10,12-13H2,1H3,(H2,20,21,22). The first kappa shape index (κ1) is 16.5. The van der Waals surface area contributed by atoms with Crippen LogP contribution in [0, 0.1) is 5.92 Å². The number of rotatable bonds is 4. The van der Waals surface area contributed by atoms with Crippen molar-refractivity contribution in [3.05, 3.63) is 18.2 Å². The van der Waals surface area contributed by atoms with Crippen LogP contribution in [0.4, 0.5) is 5.69 Å². The van der Waals surface area contributed by atoms with Crippen LogP contribution in [-0.2, 0) is 0 Å². The van der Waals surface area contributed by atoms with E-state index in [1.165, 1.54) is 32.4 Å². The van der Waals surface area contributed by atoms with Crippen LogP contribution in [0.5, 0.6) is 11.5 Å². The minimum absolute atomic E-state index is 0.697. The van der Waals surface area contributed by atoms with Gasteiger partial charge in [-0.1, -0.05) is 0 Å². The predicted molar refractivity (Wildman–Crippen MR) is 99.7 cm³/mol. The summed E-state index contributed by atoms with van der Waals surface area (Å²) in [6.45, 7) is 4.85. The van der Waals surface area contributed by atoms with Gasteiger partial charge in [-0.25, -0.2) is 0 Å². The molecule has 1 unspecified atom stereocenters. The van der Waals surface area contributed by atoms with Crippen molar-refractivity contribution in [1.82, 2.24) is 10.2 Å². The minimum atomic E-state index is 0.697. The topological polar surface area (TPSA) is 58.1 Å². The lowest BCUT2D eigenvalue weighted by Gasteiger charge is -2.17. The minimum Gasteiger partial charge on any atom is -0.490 e. The molecule has 1 aliphatic carbocycles. The lowest BCUT2D eigenvalue weighted by Crippen LogP contribution is -2.35. The molecule has 2 N–H and O–H groups in total. The summed E-state index contributed by atoms with van der Waals surface area (Å²) in [4.78, 5) is 7.00. The first-order chi connectivity index (χ1) is 12.3. The Morgan fingerprint density at radius 3 is 2.84 bits per heavy atom. The number of hydrogen-bond acceptors (Lipinski definition) is 4. The van der Waals surface area contributed by atoms with Crippen LogP contribution in [0.25, 0.3) is 0 Å². The molecule has 6 nitrogen and oxygen atoms in total. The van der Waals surface area contributed by atoms with Crippen molar-refractivity contribution in [3.8, 4) is 11.5 Å². The quantitative estimate of drug-likeness (QED) is 0.648. The SMILES string of the molecule is CN=C(NCC1CCN(C2CC2)C1)Nc1ccc2c(c1)OCCCO2. The van der Waals surface area contributed by atoms with Gasteiger partial charge < -0.3 is 25.0 Å². The monoisotopic (exact) mass is 344 g/mol. The van der Waals surface area contributed by atoms with Gasteiger partial charge >= 0.3 is 0 Å². The van der Waals surface area contributed by atoms with Gasteiger partial charge in [0.15, 0.2) is 17.5 Å². The molecule has 1 saturated carbocycles. The van der Waals surface area contributed by atoms with E-state index in [-0.39, 0.29) is 0 Å². The van der Waals surface area contributed by atoms with Crippen LogP contribution in [0.2, 0.25) is 0 Å².